The lowest BCUT2D eigenvalue weighted by molar-refractivity contribution is 0.611. The van der Waals surface area contributed by atoms with E-state index in [-0.39, 0.29) is 5.82 Å². The first-order valence-electron chi connectivity index (χ1n) is 8.56. The third-order valence-corrected chi connectivity index (χ3v) is 4.62. The Kier molecular flexibility index (Phi) is 4.20. The maximum absolute atomic E-state index is 14.5. The quantitative estimate of drug-likeness (QED) is 0.771. The molecule has 0 atom stereocenters. The molecule has 0 saturated heterocycles. The number of halogens is 1. The molecule has 4 heteroatoms. The molecule has 1 aromatic heterocycles. The van der Waals surface area contributed by atoms with Gasteiger partial charge in [0.25, 0.3) is 0 Å². The first-order chi connectivity index (χ1) is 12.3. The van der Waals surface area contributed by atoms with Gasteiger partial charge in [-0.1, -0.05) is 48.5 Å². The lowest BCUT2D eigenvalue weighted by Gasteiger charge is -2.12. The van der Waals surface area contributed by atoms with Gasteiger partial charge in [0.15, 0.2) is 0 Å². The molecule has 25 heavy (non-hydrogen) atoms. The number of hydrogen-bond donors (Lipinski definition) is 1. The summed E-state index contributed by atoms with van der Waals surface area (Å²) in [6.45, 7) is 3.87. The van der Waals surface area contributed by atoms with Crippen LogP contribution in [0.4, 0.5) is 4.39 Å². The monoisotopic (exact) mass is 333 g/mol. The van der Waals surface area contributed by atoms with Crippen LogP contribution in [0.5, 0.6) is 0 Å². The van der Waals surface area contributed by atoms with Crippen molar-refractivity contribution in [2.24, 2.45) is 0 Å². The van der Waals surface area contributed by atoms with Gasteiger partial charge in [-0.3, -0.25) is 0 Å². The van der Waals surface area contributed by atoms with Gasteiger partial charge < -0.3 is 5.32 Å². The maximum Gasteiger partial charge on any atom is 0.148 e. The Labute approximate surface area is 146 Å². The fourth-order valence-electron chi connectivity index (χ4n) is 3.37. The summed E-state index contributed by atoms with van der Waals surface area (Å²) in [4.78, 5) is 0. The van der Waals surface area contributed by atoms with Crippen molar-refractivity contribution >= 4 is 5.57 Å². The van der Waals surface area contributed by atoms with Gasteiger partial charge in [0, 0.05) is 17.7 Å². The van der Waals surface area contributed by atoms with E-state index in [0.717, 1.165) is 42.0 Å². The minimum atomic E-state index is -0.270. The number of nitrogens with zero attached hydrogens (tertiary/aromatic N) is 2. The van der Waals surface area contributed by atoms with E-state index in [2.05, 4.69) is 18.3 Å². The number of benzene rings is 2. The highest BCUT2D eigenvalue weighted by Crippen LogP contribution is 2.33. The van der Waals surface area contributed by atoms with Gasteiger partial charge in [0.2, 0.25) is 0 Å². The molecule has 126 valence electrons. The summed E-state index contributed by atoms with van der Waals surface area (Å²) in [6, 6.07) is 16.9. The number of aromatic nitrogens is 2. The van der Waals surface area contributed by atoms with Crippen molar-refractivity contribution in [1.29, 1.82) is 0 Å². The lowest BCUT2D eigenvalue weighted by Crippen LogP contribution is -2.20. The van der Waals surface area contributed by atoms with E-state index >= 15 is 0 Å². The van der Waals surface area contributed by atoms with E-state index in [9.17, 15) is 4.39 Å². The van der Waals surface area contributed by atoms with E-state index in [1.54, 1.807) is 16.8 Å². The minimum Gasteiger partial charge on any atom is -0.313 e. The van der Waals surface area contributed by atoms with Crippen LogP contribution >= 0.6 is 0 Å². The van der Waals surface area contributed by atoms with Gasteiger partial charge in [0.05, 0.1) is 11.4 Å². The third kappa shape index (κ3) is 2.89. The molecule has 0 bridgehead atoms. The number of nitrogens with one attached hydrogen (secondary N) is 1. The molecule has 1 N–H and O–H groups in total. The van der Waals surface area contributed by atoms with Crippen molar-refractivity contribution in [3.05, 3.63) is 77.7 Å². The summed E-state index contributed by atoms with van der Waals surface area (Å²) in [6.07, 6.45) is 3.11. The average molecular weight is 333 g/mol. The number of para-hydroxylation sites is 1. The Balaban J connectivity index is 1.96. The standard InChI is InChI=1S/C21H20FN3/c1-15-20(16-11-13-23-14-12-16)24-25(19-10-6-5-9-18(19)22)21(15)17-7-3-2-4-8-17/h2-11,23H,12-14H2,1H3. The number of hydrogen-bond acceptors (Lipinski definition) is 2. The zero-order valence-corrected chi connectivity index (χ0v) is 14.2. The predicted molar refractivity (Wildman–Crippen MR) is 99.2 cm³/mol. The zero-order valence-electron chi connectivity index (χ0n) is 14.2. The van der Waals surface area contributed by atoms with Crippen LogP contribution in [0.15, 0.2) is 60.7 Å². The second-order valence-electron chi connectivity index (χ2n) is 6.23. The molecule has 3 aromatic rings. The van der Waals surface area contributed by atoms with Gasteiger partial charge in [0.1, 0.15) is 11.5 Å². The molecule has 1 aliphatic heterocycles. The average Bonchev–Trinajstić information content (AvgIpc) is 3.00. The first kappa shape index (κ1) is 15.8. The summed E-state index contributed by atoms with van der Waals surface area (Å²) in [5, 5.41) is 8.15. The Bertz CT molecular complexity index is 926. The highest BCUT2D eigenvalue weighted by atomic mass is 19.1. The second-order valence-corrected chi connectivity index (χ2v) is 6.23. The van der Waals surface area contributed by atoms with Crippen LogP contribution in [-0.2, 0) is 0 Å². The first-order valence-corrected chi connectivity index (χ1v) is 8.56. The molecule has 0 amide bonds. The Morgan fingerprint density at radius 1 is 1.04 bits per heavy atom. The molecule has 0 aliphatic carbocycles. The summed E-state index contributed by atoms with van der Waals surface area (Å²) in [5.74, 6) is -0.270. The lowest BCUT2D eigenvalue weighted by atomic mass is 9.99. The highest BCUT2D eigenvalue weighted by molar-refractivity contribution is 5.75. The van der Waals surface area contributed by atoms with Gasteiger partial charge in [-0.05, 0) is 37.6 Å². The Morgan fingerprint density at radius 3 is 2.52 bits per heavy atom. The van der Waals surface area contributed by atoms with E-state index in [1.165, 1.54) is 11.6 Å². The van der Waals surface area contributed by atoms with Gasteiger partial charge in [-0.2, -0.15) is 5.10 Å². The van der Waals surface area contributed by atoms with Crippen molar-refractivity contribution in [2.45, 2.75) is 13.3 Å². The van der Waals surface area contributed by atoms with Crippen molar-refractivity contribution in [3.8, 4) is 16.9 Å². The van der Waals surface area contributed by atoms with Crippen LogP contribution in [-0.4, -0.2) is 22.9 Å². The fraction of sp³-hybridized carbons (Fsp3) is 0.190. The SMILES string of the molecule is Cc1c(C2=CCNCC2)nn(-c2ccccc2F)c1-c1ccccc1. The molecule has 2 heterocycles. The molecule has 1 aliphatic rings. The van der Waals surface area contributed by atoms with Gasteiger partial charge >= 0.3 is 0 Å². The summed E-state index contributed by atoms with van der Waals surface area (Å²) < 4.78 is 16.2. The Morgan fingerprint density at radius 2 is 1.80 bits per heavy atom. The van der Waals surface area contributed by atoms with Crippen molar-refractivity contribution < 1.29 is 4.39 Å². The molecule has 3 nitrogen and oxygen atoms in total. The van der Waals surface area contributed by atoms with Crippen LogP contribution in [0.2, 0.25) is 0 Å². The largest absolute Gasteiger partial charge is 0.313 e. The molecule has 0 saturated carbocycles. The second kappa shape index (κ2) is 6.65. The molecular weight excluding hydrogens is 313 g/mol. The molecule has 4 rings (SSSR count). The third-order valence-electron chi connectivity index (χ3n) is 4.62. The van der Waals surface area contributed by atoms with E-state index < -0.39 is 0 Å². The van der Waals surface area contributed by atoms with Crippen LogP contribution in [0.25, 0.3) is 22.5 Å². The van der Waals surface area contributed by atoms with Gasteiger partial charge in [-0.25, -0.2) is 9.07 Å². The molecule has 0 spiro atoms. The normalized spacial score (nSPS) is 14.4. The molecule has 0 unspecified atom stereocenters. The minimum absolute atomic E-state index is 0.270. The van der Waals surface area contributed by atoms with Crippen molar-refractivity contribution in [2.75, 3.05) is 13.1 Å². The topological polar surface area (TPSA) is 29.9 Å². The summed E-state index contributed by atoms with van der Waals surface area (Å²) in [5.41, 5.74) is 5.73. The summed E-state index contributed by atoms with van der Waals surface area (Å²) in [7, 11) is 0. The van der Waals surface area contributed by atoms with Crippen LogP contribution in [0.1, 0.15) is 17.7 Å². The highest BCUT2D eigenvalue weighted by Gasteiger charge is 2.21. The van der Waals surface area contributed by atoms with Crippen LogP contribution in [0, 0.1) is 12.7 Å². The van der Waals surface area contributed by atoms with E-state index in [0.29, 0.717) is 5.69 Å². The predicted octanol–water partition coefficient (Wildman–Crippen LogP) is 4.36. The van der Waals surface area contributed by atoms with E-state index in [1.807, 2.05) is 36.4 Å². The molecule has 2 aromatic carbocycles. The smallest absolute Gasteiger partial charge is 0.148 e. The van der Waals surface area contributed by atoms with Crippen molar-refractivity contribution in [3.63, 3.8) is 0 Å². The van der Waals surface area contributed by atoms with Gasteiger partial charge in [-0.15, -0.1) is 0 Å². The van der Waals surface area contributed by atoms with E-state index in [4.69, 9.17) is 5.10 Å². The van der Waals surface area contributed by atoms with Crippen LogP contribution < -0.4 is 5.32 Å². The van der Waals surface area contributed by atoms with Crippen molar-refractivity contribution in [1.82, 2.24) is 15.1 Å². The molecule has 0 fully saturated rings. The van der Waals surface area contributed by atoms with Crippen LogP contribution in [0.3, 0.4) is 0 Å². The fourth-order valence-corrected chi connectivity index (χ4v) is 3.37. The summed E-state index contributed by atoms with van der Waals surface area (Å²) >= 11 is 0. The maximum atomic E-state index is 14.5. The Hall–Kier alpha value is -2.72. The molecular formula is C21H20FN3. The zero-order chi connectivity index (χ0) is 17.2. The number of rotatable bonds is 3. The molecule has 0 radical (unpaired) electrons.